The summed E-state index contributed by atoms with van der Waals surface area (Å²) in [5.74, 6) is 0.601. The lowest BCUT2D eigenvalue weighted by Crippen LogP contribution is -2.45. The zero-order chi connectivity index (χ0) is 18.1. The summed E-state index contributed by atoms with van der Waals surface area (Å²) >= 11 is 5.41. The van der Waals surface area contributed by atoms with E-state index in [0.717, 1.165) is 42.8 Å². The van der Waals surface area contributed by atoms with Gasteiger partial charge in [0.15, 0.2) is 10.4 Å². The third-order valence-corrected chi connectivity index (χ3v) is 5.00. The van der Waals surface area contributed by atoms with Gasteiger partial charge in [0.05, 0.1) is 17.4 Å². The standard InChI is InChI=1S/C17H20BN5O2S/c1-18(24)22-9-6-13(7-10-22)25-15-5-4-12(11-20-15)23-16-14(21-17(23)26)3-2-8-19-16/h2-5,8,11,13,24H,6-7,9-10H2,1H3,(H,21,26). The van der Waals surface area contributed by atoms with Crippen molar-refractivity contribution in [2.45, 2.75) is 25.8 Å². The van der Waals surface area contributed by atoms with Gasteiger partial charge in [0.2, 0.25) is 5.88 Å². The number of imidazole rings is 1. The zero-order valence-electron chi connectivity index (χ0n) is 14.5. The maximum atomic E-state index is 9.63. The summed E-state index contributed by atoms with van der Waals surface area (Å²) < 4.78 is 8.44. The van der Waals surface area contributed by atoms with Gasteiger partial charge in [-0.2, -0.15) is 0 Å². The SMILES string of the molecule is CB(O)N1CCC(Oc2ccc(-n3c(=S)[nH]c4cccnc43)cn2)CC1. The van der Waals surface area contributed by atoms with Crippen molar-refractivity contribution < 1.29 is 9.76 Å². The molecule has 3 aromatic rings. The topological polar surface area (TPSA) is 79.2 Å². The number of pyridine rings is 2. The number of nitrogens with zero attached hydrogens (tertiary/aromatic N) is 4. The second-order valence-corrected chi connectivity index (χ2v) is 6.87. The van der Waals surface area contributed by atoms with Crippen LogP contribution in [-0.4, -0.2) is 55.6 Å². The van der Waals surface area contributed by atoms with Crippen LogP contribution in [0.1, 0.15) is 12.8 Å². The number of aromatic nitrogens is 4. The first-order chi connectivity index (χ1) is 12.6. The molecule has 7 nitrogen and oxygen atoms in total. The monoisotopic (exact) mass is 369 g/mol. The first-order valence-corrected chi connectivity index (χ1v) is 9.13. The number of nitrogens with one attached hydrogen (secondary N) is 1. The molecule has 1 fully saturated rings. The van der Waals surface area contributed by atoms with Gasteiger partial charge < -0.3 is 19.6 Å². The van der Waals surface area contributed by atoms with Crippen LogP contribution in [0.15, 0.2) is 36.7 Å². The predicted molar refractivity (Wildman–Crippen MR) is 103 cm³/mol. The number of aromatic amines is 1. The summed E-state index contributed by atoms with van der Waals surface area (Å²) in [6, 6.07) is 7.61. The van der Waals surface area contributed by atoms with Crippen LogP contribution in [-0.2, 0) is 0 Å². The third-order valence-electron chi connectivity index (χ3n) is 4.71. The van der Waals surface area contributed by atoms with Gasteiger partial charge in [0.1, 0.15) is 6.10 Å². The first-order valence-electron chi connectivity index (χ1n) is 8.73. The molecule has 0 aromatic carbocycles. The van der Waals surface area contributed by atoms with Gasteiger partial charge >= 0.3 is 7.05 Å². The highest BCUT2D eigenvalue weighted by molar-refractivity contribution is 7.71. The minimum Gasteiger partial charge on any atom is -0.474 e. The summed E-state index contributed by atoms with van der Waals surface area (Å²) in [5, 5.41) is 9.63. The molecular weight excluding hydrogens is 349 g/mol. The Bertz CT molecular complexity index is 948. The van der Waals surface area contributed by atoms with E-state index in [1.54, 1.807) is 19.2 Å². The highest BCUT2D eigenvalue weighted by Crippen LogP contribution is 2.21. The molecule has 1 aliphatic heterocycles. The largest absolute Gasteiger partial charge is 0.474 e. The van der Waals surface area contributed by atoms with Crippen LogP contribution in [0, 0.1) is 4.77 Å². The fourth-order valence-corrected chi connectivity index (χ4v) is 3.59. The zero-order valence-corrected chi connectivity index (χ0v) is 15.3. The lowest BCUT2D eigenvalue weighted by molar-refractivity contribution is 0.123. The Morgan fingerprint density at radius 3 is 2.77 bits per heavy atom. The lowest BCUT2D eigenvalue weighted by Gasteiger charge is -2.32. The van der Waals surface area contributed by atoms with E-state index in [1.807, 2.05) is 33.6 Å². The van der Waals surface area contributed by atoms with Crippen LogP contribution in [0.25, 0.3) is 16.9 Å². The number of piperidine rings is 1. The fraction of sp³-hybridized carbons (Fsp3) is 0.353. The van der Waals surface area contributed by atoms with Crippen LogP contribution in [0.3, 0.4) is 0 Å². The van der Waals surface area contributed by atoms with E-state index in [4.69, 9.17) is 17.0 Å². The molecule has 4 heterocycles. The van der Waals surface area contributed by atoms with Crippen LogP contribution in [0.5, 0.6) is 5.88 Å². The van der Waals surface area contributed by atoms with Crippen molar-refractivity contribution >= 4 is 30.4 Å². The Balaban J connectivity index is 1.49. The predicted octanol–water partition coefficient (Wildman–Crippen LogP) is 2.43. The Hall–Kier alpha value is -2.23. The van der Waals surface area contributed by atoms with Gasteiger partial charge in [-0.05, 0) is 63.2 Å². The molecule has 0 amide bonds. The van der Waals surface area contributed by atoms with E-state index in [9.17, 15) is 5.02 Å². The summed E-state index contributed by atoms with van der Waals surface area (Å²) in [7, 11) is -0.400. The Morgan fingerprint density at radius 2 is 2.08 bits per heavy atom. The van der Waals surface area contributed by atoms with Gasteiger partial charge in [-0.1, -0.05) is 0 Å². The minimum atomic E-state index is -0.400. The highest BCUT2D eigenvalue weighted by atomic mass is 32.1. The molecule has 0 bridgehead atoms. The van der Waals surface area contributed by atoms with Crippen molar-refractivity contribution in [3.05, 3.63) is 41.4 Å². The molecule has 0 aliphatic carbocycles. The number of H-pyrrole nitrogens is 1. The molecule has 1 aliphatic rings. The third kappa shape index (κ3) is 3.37. The molecule has 1 saturated heterocycles. The van der Waals surface area contributed by atoms with Gasteiger partial charge in [0, 0.05) is 12.3 Å². The minimum absolute atomic E-state index is 0.125. The second kappa shape index (κ2) is 7.18. The van der Waals surface area contributed by atoms with Crippen LogP contribution < -0.4 is 4.74 Å². The van der Waals surface area contributed by atoms with Crippen molar-refractivity contribution in [1.29, 1.82) is 0 Å². The van der Waals surface area contributed by atoms with Gasteiger partial charge in [0.25, 0.3) is 0 Å². The molecule has 26 heavy (non-hydrogen) atoms. The molecular formula is C17H20BN5O2S. The maximum Gasteiger partial charge on any atom is 0.376 e. The van der Waals surface area contributed by atoms with E-state index in [0.29, 0.717) is 10.7 Å². The lowest BCUT2D eigenvalue weighted by atomic mass is 9.82. The van der Waals surface area contributed by atoms with Crippen molar-refractivity contribution in [2.75, 3.05) is 13.1 Å². The van der Waals surface area contributed by atoms with Crippen LogP contribution >= 0.6 is 12.2 Å². The molecule has 9 heteroatoms. The van der Waals surface area contributed by atoms with E-state index < -0.39 is 7.05 Å². The highest BCUT2D eigenvalue weighted by Gasteiger charge is 2.25. The number of hydrogen-bond acceptors (Lipinski definition) is 6. The van der Waals surface area contributed by atoms with Crippen molar-refractivity contribution in [3.63, 3.8) is 0 Å². The molecule has 0 atom stereocenters. The quantitative estimate of drug-likeness (QED) is 0.543. The Labute approximate surface area is 156 Å². The van der Waals surface area contributed by atoms with Gasteiger partial charge in [-0.3, -0.25) is 4.57 Å². The van der Waals surface area contributed by atoms with Gasteiger partial charge in [-0.15, -0.1) is 0 Å². The number of fused-ring (bicyclic) bond motifs is 1. The first kappa shape index (κ1) is 17.2. The average Bonchev–Trinajstić information content (AvgIpc) is 2.99. The normalized spacial score (nSPS) is 16.1. The van der Waals surface area contributed by atoms with E-state index in [1.165, 1.54) is 0 Å². The molecule has 0 saturated carbocycles. The van der Waals surface area contributed by atoms with Crippen molar-refractivity contribution in [3.8, 4) is 11.6 Å². The fourth-order valence-electron chi connectivity index (χ4n) is 3.29. The molecule has 0 radical (unpaired) electrons. The molecule has 3 aromatic heterocycles. The van der Waals surface area contributed by atoms with Crippen molar-refractivity contribution in [1.82, 2.24) is 24.3 Å². The molecule has 0 unspecified atom stereocenters. The summed E-state index contributed by atoms with van der Waals surface area (Å²) in [4.78, 5) is 14.0. The summed E-state index contributed by atoms with van der Waals surface area (Å²) in [5.41, 5.74) is 2.51. The summed E-state index contributed by atoms with van der Waals surface area (Å²) in [6.07, 6.45) is 5.38. The van der Waals surface area contributed by atoms with Crippen molar-refractivity contribution in [2.24, 2.45) is 0 Å². The number of hydrogen-bond donors (Lipinski definition) is 2. The average molecular weight is 369 g/mol. The van der Waals surface area contributed by atoms with Crippen LogP contribution in [0.2, 0.25) is 6.82 Å². The van der Waals surface area contributed by atoms with Gasteiger partial charge in [-0.25, -0.2) is 9.97 Å². The maximum absolute atomic E-state index is 9.63. The second-order valence-electron chi connectivity index (χ2n) is 6.48. The van der Waals surface area contributed by atoms with Crippen LogP contribution in [0.4, 0.5) is 0 Å². The molecule has 4 rings (SSSR count). The number of rotatable bonds is 4. The molecule has 0 spiro atoms. The Morgan fingerprint density at radius 1 is 1.27 bits per heavy atom. The van der Waals surface area contributed by atoms with E-state index >= 15 is 0 Å². The summed E-state index contributed by atoms with van der Waals surface area (Å²) in [6.45, 7) is 3.46. The number of ether oxygens (including phenoxy) is 1. The smallest absolute Gasteiger partial charge is 0.376 e. The van der Waals surface area contributed by atoms with E-state index in [-0.39, 0.29) is 6.10 Å². The van der Waals surface area contributed by atoms with E-state index in [2.05, 4.69) is 15.0 Å². The molecule has 134 valence electrons. The Kier molecular flexibility index (Phi) is 4.75. The molecule has 2 N–H and O–H groups in total.